The fourth-order valence-corrected chi connectivity index (χ4v) is 4.48. The summed E-state index contributed by atoms with van der Waals surface area (Å²) in [5.74, 6) is 0. The second kappa shape index (κ2) is 13.3. The quantitative estimate of drug-likeness (QED) is 0.378. The van der Waals surface area contributed by atoms with Gasteiger partial charge in [0.2, 0.25) is 0 Å². The van der Waals surface area contributed by atoms with Crippen molar-refractivity contribution in [1.29, 1.82) is 0 Å². The van der Waals surface area contributed by atoms with Gasteiger partial charge in [-0.25, -0.2) is 0 Å². The molecular weight excluding hydrogens is 331 g/mol. The van der Waals surface area contributed by atoms with E-state index in [9.17, 15) is 0 Å². The molecular formula is C21H25O3P. The van der Waals surface area contributed by atoms with E-state index in [-0.39, 0.29) is 0 Å². The average molecular weight is 356 g/mol. The van der Waals surface area contributed by atoms with Crippen LogP contribution in [0.15, 0.2) is 91.0 Å². The van der Waals surface area contributed by atoms with E-state index in [2.05, 4.69) is 91.0 Å². The van der Waals surface area contributed by atoms with Crippen molar-refractivity contribution in [2.24, 2.45) is 0 Å². The first-order valence-electron chi connectivity index (χ1n) is 8.13. The van der Waals surface area contributed by atoms with E-state index >= 15 is 0 Å². The molecule has 0 radical (unpaired) electrons. The zero-order valence-corrected chi connectivity index (χ0v) is 15.3. The normalized spacial score (nSPS) is 9.48. The van der Waals surface area contributed by atoms with Gasteiger partial charge in [-0.15, -0.1) is 0 Å². The van der Waals surface area contributed by atoms with Crippen LogP contribution in [-0.2, 0) is 0 Å². The molecule has 0 aliphatic heterocycles. The molecule has 3 nitrogen and oxygen atoms in total. The van der Waals surface area contributed by atoms with Gasteiger partial charge in [-0.05, 0) is 30.3 Å². The molecule has 0 amide bonds. The van der Waals surface area contributed by atoms with E-state index in [1.165, 1.54) is 15.9 Å². The summed E-state index contributed by atoms with van der Waals surface area (Å²) in [7, 11) is -0.446. The zero-order chi connectivity index (χ0) is 18.3. The summed E-state index contributed by atoms with van der Waals surface area (Å²) in [6.07, 6.45) is 0.875. The van der Waals surface area contributed by atoms with Crippen LogP contribution in [0.2, 0.25) is 0 Å². The number of aliphatic hydroxyl groups is 1. The molecule has 3 N–H and O–H groups in total. The molecule has 0 aliphatic rings. The van der Waals surface area contributed by atoms with E-state index in [1.54, 1.807) is 0 Å². The largest absolute Gasteiger partial charge is 0.396 e. The first-order chi connectivity index (χ1) is 12.4. The van der Waals surface area contributed by atoms with Gasteiger partial charge in [0, 0.05) is 6.61 Å². The molecule has 0 aliphatic carbocycles. The number of hydrogen-bond donors (Lipinski definition) is 3. The molecule has 132 valence electrons. The van der Waals surface area contributed by atoms with Crippen molar-refractivity contribution >= 4 is 23.8 Å². The molecule has 3 rings (SSSR count). The van der Waals surface area contributed by atoms with Crippen LogP contribution in [0.1, 0.15) is 13.3 Å². The van der Waals surface area contributed by atoms with Gasteiger partial charge >= 0.3 is 0 Å². The van der Waals surface area contributed by atoms with Gasteiger partial charge in [-0.3, -0.25) is 10.5 Å². The highest BCUT2D eigenvalue weighted by Crippen LogP contribution is 2.32. The Bertz CT molecular complexity index is 565. The Hall–Kier alpha value is -2.03. The van der Waals surface area contributed by atoms with Crippen LogP contribution in [0.4, 0.5) is 0 Å². The number of rotatable bonds is 4. The van der Waals surface area contributed by atoms with E-state index < -0.39 is 7.92 Å². The van der Waals surface area contributed by atoms with Crippen LogP contribution < -0.4 is 15.9 Å². The predicted octanol–water partition coefficient (Wildman–Crippen LogP) is 3.85. The lowest BCUT2D eigenvalue weighted by atomic mass is 10.4. The predicted molar refractivity (Wildman–Crippen MR) is 108 cm³/mol. The number of benzene rings is 3. The Morgan fingerprint density at radius 1 is 0.600 bits per heavy atom. The van der Waals surface area contributed by atoms with Crippen molar-refractivity contribution in [2.45, 2.75) is 13.3 Å². The molecule has 0 unspecified atom stereocenters. The van der Waals surface area contributed by atoms with Crippen LogP contribution in [-0.4, -0.2) is 22.2 Å². The van der Waals surface area contributed by atoms with Gasteiger partial charge in [0.05, 0.1) is 0 Å². The fourth-order valence-electron chi connectivity index (χ4n) is 2.18. The van der Waals surface area contributed by atoms with E-state index in [1.807, 2.05) is 6.92 Å². The van der Waals surface area contributed by atoms with Crippen LogP contribution in [0.3, 0.4) is 0 Å². The third kappa shape index (κ3) is 7.16. The summed E-state index contributed by atoms with van der Waals surface area (Å²) in [5, 5.41) is 24.1. The molecule has 3 aromatic carbocycles. The van der Waals surface area contributed by atoms with Crippen LogP contribution in [0.25, 0.3) is 0 Å². The minimum atomic E-state index is -0.446. The van der Waals surface area contributed by atoms with Gasteiger partial charge in [0.25, 0.3) is 0 Å². The first kappa shape index (κ1) is 21.0. The first-order valence-corrected chi connectivity index (χ1v) is 9.47. The molecule has 0 aromatic heterocycles. The Labute approximate surface area is 150 Å². The number of hydrogen-bond acceptors (Lipinski definition) is 3. The molecule has 0 saturated heterocycles. The van der Waals surface area contributed by atoms with Crippen LogP contribution >= 0.6 is 7.92 Å². The highest BCUT2D eigenvalue weighted by molar-refractivity contribution is 7.79. The van der Waals surface area contributed by atoms with Crippen molar-refractivity contribution in [3.63, 3.8) is 0 Å². The summed E-state index contributed by atoms with van der Waals surface area (Å²) in [6, 6.07) is 32.3. The van der Waals surface area contributed by atoms with Crippen molar-refractivity contribution in [3.8, 4) is 0 Å². The van der Waals surface area contributed by atoms with E-state index in [4.69, 9.17) is 15.6 Å². The molecule has 0 spiro atoms. The molecule has 25 heavy (non-hydrogen) atoms. The molecule has 0 atom stereocenters. The molecule has 0 saturated carbocycles. The Morgan fingerprint density at radius 2 is 0.840 bits per heavy atom. The van der Waals surface area contributed by atoms with Gasteiger partial charge in [0.15, 0.2) is 0 Å². The van der Waals surface area contributed by atoms with Gasteiger partial charge in [0.1, 0.15) is 0 Å². The number of aliphatic hydroxyl groups excluding tert-OH is 1. The lowest BCUT2D eigenvalue weighted by Gasteiger charge is -2.18. The summed E-state index contributed by atoms with van der Waals surface area (Å²) < 4.78 is 0. The topological polar surface area (TPSA) is 60.7 Å². The van der Waals surface area contributed by atoms with Crippen molar-refractivity contribution in [2.75, 3.05) is 6.61 Å². The van der Waals surface area contributed by atoms with Crippen LogP contribution in [0, 0.1) is 0 Å². The monoisotopic (exact) mass is 356 g/mol. The fraction of sp³-hybridized carbons (Fsp3) is 0.143. The zero-order valence-electron chi connectivity index (χ0n) is 14.4. The maximum absolute atomic E-state index is 7.88. The molecule has 3 aromatic rings. The summed E-state index contributed by atoms with van der Waals surface area (Å²) in [4.78, 5) is 0. The minimum Gasteiger partial charge on any atom is -0.396 e. The summed E-state index contributed by atoms with van der Waals surface area (Å²) in [5.41, 5.74) is 0. The molecule has 0 fully saturated rings. The highest BCUT2D eigenvalue weighted by atomic mass is 31.1. The Kier molecular flexibility index (Phi) is 11.2. The Morgan fingerprint density at radius 3 is 1.04 bits per heavy atom. The average Bonchev–Trinajstić information content (AvgIpc) is 2.72. The van der Waals surface area contributed by atoms with Crippen molar-refractivity contribution < 1.29 is 15.6 Å². The van der Waals surface area contributed by atoms with Gasteiger partial charge < -0.3 is 5.11 Å². The smallest absolute Gasteiger partial charge is 0.0428 e. The standard InChI is InChI=1S/C18H15P.C3H8O.H2O2/c1-4-10-16(11-5-1)19(17-12-6-2-7-13-17)18-14-8-3-9-15-18;1-2-3-4;1-2/h1-15H;4H,2-3H2,1H3;1-2H. The SMILES string of the molecule is CCCO.OO.c1ccc(P(c2ccccc2)c2ccccc2)cc1. The summed E-state index contributed by atoms with van der Waals surface area (Å²) >= 11 is 0. The van der Waals surface area contributed by atoms with Crippen LogP contribution in [0.5, 0.6) is 0 Å². The lowest BCUT2D eigenvalue weighted by molar-refractivity contribution is -0.176. The van der Waals surface area contributed by atoms with E-state index in [0.717, 1.165) is 6.42 Å². The van der Waals surface area contributed by atoms with Gasteiger partial charge in [-0.1, -0.05) is 97.9 Å². The maximum atomic E-state index is 7.88. The molecule has 4 heteroatoms. The molecule has 0 bridgehead atoms. The summed E-state index contributed by atoms with van der Waals surface area (Å²) in [6.45, 7) is 2.25. The molecule has 0 heterocycles. The maximum Gasteiger partial charge on any atom is 0.0428 e. The highest BCUT2D eigenvalue weighted by Gasteiger charge is 2.14. The second-order valence-electron chi connectivity index (χ2n) is 5.07. The van der Waals surface area contributed by atoms with Crippen molar-refractivity contribution in [3.05, 3.63) is 91.0 Å². The second-order valence-corrected chi connectivity index (χ2v) is 7.29. The van der Waals surface area contributed by atoms with Crippen molar-refractivity contribution in [1.82, 2.24) is 0 Å². The third-order valence-electron chi connectivity index (χ3n) is 3.27. The lowest BCUT2D eigenvalue weighted by Crippen LogP contribution is -2.20. The third-order valence-corrected chi connectivity index (χ3v) is 5.71. The van der Waals surface area contributed by atoms with E-state index in [0.29, 0.717) is 6.61 Å². The van der Waals surface area contributed by atoms with Gasteiger partial charge in [-0.2, -0.15) is 0 Å². The Balaban J connectivity index is 0.000000461. The minimum absolute atomic E-state index is 0.319.